The number of likely N-dealkylation sites (tertiary alicyclic amines) is 1. The third-order valence-electron chi connectivity index (χ3n) is 4.10. The van der Waals surface area contributed by atoms with Crippen LogP contribution in [-0.2, 0) is 7.05 Å². The second kappa shape index (κ2) is 4.02. The van der Waals surface area contributed by atoms with E-state index in [2.05, 4.69) is 35.2 Å². The molecule has 0 bridgehead atoms. The summed E-state index contributed by atoms with van der Waals surface area (Å²) in [6.07, 6.45) is 4.05. The van der Waals surface area contributed by atoms with Gasteiger partial charge < -0.3 is 5.32 Å². The summed E-state index contributed by atoms with van der Waals surface area (Å²) < 4.78 is 1.93. The van der Waals surface area contributed by atoms with Crippen LogP contribution >= 0.6 is 0 Å². The van der Waals surface area contributed by atoms with E-state index in [1.54, 1.807) is 0 Å². The maximum atomic E-state index is 4.47. The van der Waals surface area contributed by atoms with E-state index in [1.807, 2.05) is 11.7 Å². The highest BCUT2D eigenvalue weighted by Crippen LogP contribution is 2.33. The van der Waals surface area contributed by atoms with Gasteiger partial charge in [-0.3, -0.25) is 9.58 Å². The molecular weight excluding hydrogens is 212 g/mol. The summed E-state index contributed by atoms with van der Waals surface area (Å²) in [4.78, 5) is 2.66. The molecule has 17 heavy (non-hydrogen) atoms. The number of rotatable bonds is 3. The van der Waals surface area contributed by atoms with Gasteiger partial charge in [0.2, 0.25) is 0 Å². The van der Waals surface area contributed by atoms with Crippen LogP contribution in [0.5, 0.6) is 0 Å². The Kier molecular flexibility index (Phi) is 2.62. The third kappa shape index (κ3) is 2.18. The Morgan fingerprint density at radius 1 is 1.41 bits per heavy atom. The smallest absolute Gasteiger partial charge is 0.148 e. The summed E-state index contributed by atoms with van der Waals surface area (Å²) in [6, 6.07) is 4.30. The molecule has 1 aromatic rings. The number of hydrogen-bond donors (Lipinski definition) is 1. The highest BCUT2D eigenvalue weighted by atomic mass is 15.3. The average Bonchev–Trinajstić information content (AvgIpc) is 2.97. The van der Waals surface area contributed by atoms with Gasteiger partial charge in [-0.25, -0.2) is 0 Å². The van der Waals surface area contributed by atoms with E-state index in [0.29, 0.717) is 6.04 Å². The molecule has 0 amide bonds. The SMILES string of the molecule is Cc1cc(NC2CC(C)N(C3CC3)C2)nn1C. The summed E-state index contributed by atoms with van der Waals surface area (Å²) >= 11 is 0. The first kappa shape index (κ1) is 11.1. The van der Waals surface area contributed by atoms with Crippen molar-refractivity contribution in [1.82, 2.24) is 14.7 Å². The lowest BCUT2D eigenvalue weighted by atomic mass is 10.2. The molecule has 2 aliphatic rings. The number of hydrogen-bond acceptors (Lipinski definition) is 3. The second-order valence-electron chi connectivity index (χ2n) is 5.65. The molecule has 2 atom stereocenters. The molecule has 4 heteroatoms. The standard InChI is InChI=1S/C13H22N4/c1-9-7-13(15-16(9)3)14-11-6-10(2)17(8-11)12-4-5-12/h7,10-12H,4-6,8H2,1-3H3,(H,14,15). The fraction of sp³-hybridized carbons (Fsp3) is 0.769. The minimum absolute atomic E-state index is 0.569. The van der Waals surface area contributed by atoms with Crippen molar-refractivity contribution in [1.29, 1.82) is 0 Å². The zero-order valence-corrected chi connectivity index (χ0v) is 11.0. The molecule has 2 unspecified atom stereocenters. The predicted molar refractivity (Wildman–Crippen MR) is 69.2 cm³/mol. The Balaban J connectivity index is 1.62. The lowest BCUT2D eigenvalue weighted by Gasteiger charge is -2.19. The van der Waals surface area contributed by atoms with Crippen LogP contribution in [0.4, 0.5) is 5.82 Å². The Labute approximate surface area is 103 Å². The number of aromatic nitrogens is 2. The van der Waals surface area contributed by atoms with Crippen molar-refractivity contribution in [2.75, 3.05) is 11.9 Å². The number of anilines is 1. The summed E-state index contributed by atoms with van der Waals surface area (Å²) in [7, 11) is 1.99. The highest BCUT2D eigenvalue weighted by Gasteiger charge is 2.38. The molecule has 1 N–H and O–H groups in total. The van der Waals surface area contributed by atoms with Crippen molar-refractivity contribution in [2.24, 2.45) is 7.05 Å². The van der Waals surface area contributed by atoms with Crippen molar-refractivity contribution in [3.05, 3.63) is 11.8 Å². The first-order chi connectivity index (χ1) is 8.13. The van der Waals surface area contributed by atoms with Gasteiger partial charge in [0.05, 0.1) is 0 Å². The van der Waals surface area contributed by atoms with Crippen molar-refractivity contribution in [3.8, 4) is 0 Å². The van der Waals surface area contributed by atoms with Crippen LogP contribution < -0.4 is 5.32 Å². The molecule has 94 valence electrons. The molecular formula is C13H22N4. The average molecular weight is 234 g/mol. The van der Waals surface area contributed by atoms with E-state index in [4.69, 9.17) is 0 Å². The summed E-state index contributed by atoms with van der Waals surface area (Å²) in [5, 5.41) is 8.04. The Bertz CT molecular complexity index is 388. The van der Waals surface area contributed by atoms with Gasteiger partial charge in [-0.15, -0.1) is 0 Å². The molecule has 0 aromatic carbocycles. The molecule has 1 saturated heterocycles. The van der Waals surface area contributed by atoms with Crippen LogP contribution in [0.25, 0.3) is 0 Å². The largest absolute Gasteiger partial charge is 0.365 e. The lowest BCUT2D eigenvalue weighted by Crippen LogP contribution is -2.31. The van der Waals surface area contributed by atoms with Gasteiger partial charge in [0, 0.05) is 43.5 Å². The van der Waals surface area contributed by atoms with Gasteiger partial charge in [0.25, 0.3) is 0 Å². The lowest BCUT2D eigenvalue weighted by molar-refractivity contribution is 0.257. The quantitative estimate of drug-likeness (QED) is 0.865. The van der Waals surface area contributed by atoms with Crippen LogP contribution in [-0.4, -0.2) is 39.4 Å². The van der Waals surface area contributed by atoms with Crippen LogP contribution in [0.1, 0.15) is 31.9 Å². The minimum atomic E-state index is 0.569. The molecule has 3 rings (SSSR count). The Morgan fingerprint density at radius 3 is 2.76 bits per heavy atom. The van der Waals surface area contributed by atoms with E-state index < -0.39 is 0 Å². The first-order valence-electron chi connectivity index (χ1n) is 6.66. The van der Waals surface area contributed by atoms with Crippen LogP contribution in [0, 0.1) is 6.92 Å². The summed E-state index contributed by atoms with van der Waals surface area (Å²) in [5.41, 5.74) is 1.21. The maximum Gasteiger partial charge on any atom is 0.148 e. The van der Waals surface area contributed by atoms with E-state index in [-0.39, 0.29) is 0 Å². The van der Waals surface area contributed by atoms with Crippen molar-refractivity contribution in [2.45, 2.75) is 51.2 Å². The highest BCUT2D eigenvalue weighted by molar-refractivity contribution is 5.37. The monoisotopic (exact) mass is 234 g/mol. The minimum Gasteiger partial charge on any atom is -0.365 e. The van der Waals surface area contributed by atoms with Crippen molar-refractivity contribution < 1.29 is 0 Å². The zero-order chi connectivity index (χ0) is 12.0. The topological polar surface area (TPSA) is 33.1 Å². The Hall–Kier alpha value is -1.03. The van der Waals surface area contributed by atoms with Gasteiger partial charge in [0.15, 0.2) is 0 Å². The van der Waals surface area contributed by atoms with Crippen LogP contribution in [0.3, 0.4) is 0 Å². The van der Waals surface area contributed by atoms with Gasteiger partial charge in [0.1, 0.15) is 5.82 Å². The summed E-state index contributed by atoms with van der Waals surface area (Å²) in [5.74, 6) is 1.03. The van der Waals surface area contributed by atoms with Gasteiger partial charge >= 0.3 is 0 Å². The van der Waals surface area contributed by atoms with E-state index >= 15 is 0 Å². The Morgan fingerprint density at radius 2 is 2.18 bits per heavy atom. The van der Waals surface area contributed by atoms with E-state index in [9.17, 15) is 0 Å². The van der Waals surface area contributed by atoms with Crippen LogP contribution in [0.15, 0.2) is 6.07 Å². The normalized spacial score (nSPS) is 29.8. The summed E-state index contributed by atoms with van der Waals surface area (Å²) in [6.45, 7) is 5.62. The molecule has 1 aromatic heterocycles. The second-order valence-corrected chi connectivity index (χ2v) is 5.65. The maximum absolute atomic E-state index is 4.47. The molecule has 1 aliphatic carbocycles. The van der Waals surface area contributed by atoms with Crippen LogP contribution in [0.2, 0.25) is 0 Å². The zero-order valence-electron chi connectivity index (χ0n) is 11.0. The number of nitrogens with one attached hydrogen (secondary N) is 1. The molecule has 0 radical (unpaired) electrons. The fourth-order valence-corrected chi connectivity index (χ4v) is 2.92. The molecule has 1 saturated carbocycles. The van der Waals surface area contributed by atoms with Crippen molar-refractivity contribution in [3.63, 3.8) is 0 Å². The molecule has 1 aliphatic heterocycles. The van der Waals surface area contributed by atoms with E-state index in [0.717, 1.165) is 17.9 Å². The van der Waals surface area contributed by atoms with Gasteiger partial charge in [-0.2, -0.15) is 5.10 Å². The van der Waals surface area contributed by atoms with Gasteiger partial charge in [-0.05, 0) is 33.1 Å². The number of nitrogens with zero attached hydrogens (tertiary/aromatic N) is 3. The predicted octanol–water partition coefficient (Wildman–Crippen LogP) is 1.77. The molecule has 2 fully saturated rings. The first-order valence-corrected chi connectivity index (χ1v) is 6.66. The molecule has 2 heterocycles. The van der Waals surface area contributed by atoms with Gasteiger partial charge in [-0.1, -0.05) is 0 Å². The third-order valence-corrected chi connectivity index (χ3v) is 4.10. The molecule has 0 spiro atoms. The number of aryl methyl sites for hydroxylation is 2. The van der Waals surface area contributed by atoms with E-state index in [1.165, 1.54) is 31.5 Å². The molecule has 4 nitrogen and oxygen atoms in total. The fourth-order valence-electron chi connectivity index (χ4n) is 2.92. The van der Waals surface area contributed by atoms with Crippen molar-refractivity contribution >= 4 is 5.82 Å².